The van der Waals surface area contributed by atoms with Crippen LogP contribution in [0.3, 0.4) is 0 Å². The molecule has 0 radical (unpaired) electrons. The molecule has 1 aromatic carbocycles. The Bertz CT molecular complexity index is 670. The van der Waals surface area contributed by atoms with Crippen LogP contribution in [0.2, 0.25) is 0 Å². The summed E-state index contributed by atoms with van der Waals surface area (Å²) in [6.07, 6.45) is 4.90. The summed E-state index contributed by atoms with van der Waals surface area (Å²) in [5.74, 6) is 1.11. The molecule has 2 rings (SSSR count). The Labute approximate surface area is 171 Å². The Morgan fingerprint density at radius 2 is 2.21 bits per heavy atom. The standard InChI is InChI=1S/C20H32FN5OS/c1-23-20(25-12-15-6-7-18(21)11-17(15)14-28-2)24-8-4-10-26-9-3-5-16(13-26)19(22)27/h6-7,11,16H,3-5,8-10,12-14H2,1-2H3,(H2,22,27)(H2,23,24,25). The van der Waals surface area contributed by atoms with Crippen molar-refractivity contribution >= 4 is 23.6 Å². The molecule has 1 atom stereocenters. The van der Waals surface area contributed by atoms with Crippen LogP contribution in [0.4, 0.5) is 4.39 Å². The maximum absolute atomic E-state index is 13.5. The molecule has 1 heterocycles. The SMILES string of the molecule is CN=C(NCCCN1CCCC(C(N)=O)C1)NCc1ccc(F)cc1CSC. The number of thioether (sulfide) groups is 1. The Kier molecular flexibility index (Phi) is 9.57. The Morgan fingerprint density at radius 3 is 2.93 bits per heavy atom. The summed E-state index contributed by atoms with van der Waals surface area (Å²) in [6, 6.07) is 4.92. The van der Waals surface area contributed by atoms with Gasteiger partial charge in [0.1, 0.15) is 5.82 Å². The fraction of sp³-hybridized carbons (Fsp3) is 0.600. The van der Waals surface area contributed by atoms with E-state index in [0.717, 1.165) is 68.3 Å². The van der Waals surface area contributed by atoms with Gasteiger partial charge in [-0.1, -0.05) is 6.07 Å². The molecule has 6 nitrogen and oxygen atoms in total. The van der Waals surface area contributed by atoms with Crippen molar-refractivity contribution in [3.8, 4) is 0 Å². The number of guanidine groups is 1. The zero-order chi connectivity index (χ0) is 20.4. The number of primary amides is 1. The van der Waals surface area contributed by atoms with Crippen molar-refractivity contribution in [1.82, 2.24) is 15.5 Å². The van der Waals surface area contributed by atoms with E-state index in [4.69, 9.17) is 5.73 Å². The Balaban J connectivity index is 1.73. The monoisotopic (exact) mass is 409 g/mol. The zero-order valence-electron chi connectivity index (χ0n) is 16.8. The van der Waals surface area contributed by atoms with Gasteiger partial charge in [-0.25, -0.2) is 4.39 Å². The number of hydrogen-bond acceptors (Lipinski definition) is 4. The molecule has 0 aromatic heterocycles. The van der Waals surface area contributed by atoms with Crippen molar-refractivity contribution in [2.75, 3.05) is 39.5 Å². The van der Waals surface area contributed by atoms with E-state index in [1.165, 1.54) is 6.07 Å². The van der Waals surface area contributed by atoms with Gasteiger partial charge in [-0.15, -0.1) is 0 Å². The van der Waals surface area contributed by atoms with E-state index >= 15 is 0 Å². The van der Waals surface area contributed by atoms with E-state index in [1.54, 1.807) is 24.9 Å². The van der Waals surface area contributed by atoms with Crippen molar-refractivity contribution in [3.63, 3.8) is 0 Å². The maximum atomic E-state index is 13.5. The predicted octanol–water partition coefficient (Wildman–Crippen LogP) is 1.94. The molecule has 1 fully saturated rings. The van der Waals surface area contributed by atoms with Crippen molar-refractivity contribution < 1.29 is 9.18 Å². The number of amides is 1. The van der Waals surface area contributed by atoms with Gasteiger partial charge in [-0.2, -0.15) is 11.8 Å². The first kappa shape index (κ1) is 22.5. The lowest BCUT2D eigenvalue weighted by molar-refractivity contribution is -0.123. The molecule has 0 bridgehead atoms. The summed E-state index contributed by atoms with van der Waals surface area (Å²) in [6.45, 7) is 4.12. The molecular weight excluding hydrogens is 377 g/mol. The van der Waals surface area contributed by atoms with E-state index < -0.39 is 0 Å². The molecule has 1 saturated heterocycles. The van der Waals surface area contributed by atoms with Crippen LogP contribution in [-0.4, -0.2) is 56.2 Å². The molecule has 1 aliphatic heterocycles. The quantitative estimate of drug-likeness (QED) is 0.330. The highest BCUT2D eigenvalue weighted by Crippen LogP contribution is 2.17. The number of halogens is 1. The fourth-order valence-electron chi connectivity index (χ4n) is 3.46. The third-order valence-corrected chi connectivity index (χ3v) is 5.59. The van der Waals surface area contributed by atoms with Gasteiger partial charge in [-0.05, 0) is 61.9 Å². The van der Waals surface area contributed by atoms with Crippen LogP contribution in [-0.2, 0) is 17.1 Å². The highest BCUT2D eigenvalue weighted by atomic mass is 32.2. The average molecular weight is 410 g/mol. The number of rotatable bonds is 9. The molecule has 0 saturated carbocycles. The van der Waals surface area contributed by atoms with Gasteiger partial charge in [0, 0.05) is 32.4 Å². The molecule has 1 amide bonds. The number of nitrogens with zero attached hydrogens (tertiary/aromatic N) is 2. The lowest BCUT2D eigenvalue weighted by Crippen LogP contribution is -2.42. The molecular formula is C20H32FN5OS. The number of likely N-dealkylation sites (tertiary alicyclic amines) is 1. The summed E-state index contributed by atoms with van der Waals surface area (Å²) in [5.41, 5.74) is 7.51. The van der Waals surface area contributed by atoms with Crippen molar-refractivity contribution in [2.24, 2.45) is 16.6 Å². The van der Waals surface area contributed by atoms with E-state index in [2.05, 4.69) is 20.5 Å². The number of nitrogens with one attached hydrogen (secondary N) is 2. The summed E-state index contributed by atoms with van der Waals surface area (Å²) in [5, 5.41) is 6.61. The van der Waals surface area contributed by atoms with Gasteiger partial charge in [-0.3, -0.25) is 9.79 Å². The van der Waals surface area contributed by atoms with Crippen molar-refractivity contribution in [1.29, 1.82) is 0 Å². The maximum Gasteiger partial charge on any atom is 0.221 e. The third-order valence-electron chi connectivity index (χ3n) is 4.99. The third kappa shape index (κ3) is 7.31. The molecule has 1 aliphatic rings. The smallest absolute Gasteiger partial charge is 0.221 e. The van der Waals surface area contributed by atoms with Gasteiger partial charge < -0.3 is 21.3 Å². The van der Waals surface area contributed by atoms with Crippen LogP contribution < -0.4 is 16.4 Å². The molecule has 1 aromatic rings. The second kappa shape index (κ2) is 11.9. The average Bonchev–Trinajstić information content (AvgIpc) is 2.69. The number of piperidine rings is 1. The molecule has 0 spiro atoms. The number of aliphatic imine (C=N–C) groups is 1. The first-order valence-corrected chi connectivity index (χ1v) is 11.1. The summed E-state index contributed by atoms with van der Waals surface area (Å²) >= 11 is 1.68. The van der Waals surface area contributed by atoms with E-state index in [0.29, 0.717) is 6.54 Å². The molecule has 8 heteroatoms. The molecule has 4 N–H and O–H groups in total. The number of carbonyl (C=O) groups excluding carboxylic acids is 1. The Morgan fingerprint density at radius 1 is 1.39 bits per heavy atom. The van der Waals surface area contributed by atoms with Gasteiger partial charge >= 0.3 is 0 Å². The van der Waals surface area contributed by atoms with E-state index in [1.807, 2.05) is 12.3 Å². The molecule has 28 heavy (non-hydrogen) atoms. The highest BCUT2D eigenvalue weighted by molar-refractivity contribution is 7.97. The fourth-order valence-corrected chi connectivity index (χ4v) is 4.04. The van der Waals surface area contributed by atoms with Crippen LogP contribution in [0, 0.1) is 11.7 Å². The van der Waals surface area contributed by atoms with E-state index in [9.17, 15) is 9.18 Å². The highest BCUT2D eigenvalue weighted by Gasteiger charge is 2.23. The number of benzene rings is 1. The van der Waals surface area contributed by atoms with Crippen LogP contribution in [0.1, 0.15) is 30.4 Å². The Hall–Kier alpha value is -1.80. The summed E-state index contributed by atoms with van der Waals surface area (Å²) < 4.78 is 13.5. The van der Waals surface area contributed by atoms with Gasteiger partial charge in [0.25, 0.3) is 0 Å². The predicted molar refractivity (Wildman–Crippen MR) is 115 cm³/mol. The van der Waals surface area contributed by atoms with Gasteiger partial charge in [0.05, 0.1) is 5.92 Å². The van der Waals surface area contributed by atoms with Gasteiger partial charge in [0.15, 0.2) is 5.96 Å². The van der Waals surface area contributed by atoms with Crippen LogP contribution in [0.25, 0.3) is 0 Å². The van der Waals surface area contributed by atoms with Gasteiger partial charge in [0.2, 0.25) is 5.91 Å². The minimum Gasteiger partial charge on any atom is -0.369 e. The van der Waals surface area contributed by atoms with Crippen molar-refractivity contribution in [3.05, 3.63) is 35.1 Å². The van der Waals surface area contributed by atoms with Crippen LogP contribution >= 0.6 is 11.8 Å². The second-order valence-electron chi connectivity index (χ2n) is 7.09. The lowest BCUT2D eigenvalue weighted by Gasteiger charge is -2.31. The first-order valence-electron chi connectivity index (χ1n) is 9.76. The summed E-state index contributed by atoms with van der Waals surface area (Å²) in [7, 11) is 1.74. The number of hydrogen-bond donors (Lipinski definition) is 3. The minimum absolute atomic E-state index is 0.0117. The molecule has 156 valence electrons. The number of nitrogens with two attached hydrogens (primary N) is 1. The van der Waals surface area contributed by atoms with Crippen LogP contribution in [0.5, 0.6) is 0 Å². The second-order valence-corrected chi connectivity index (χ2v) is 7.96. The largest absolute Gasteiger partial charge is 0.369 e. The molecule has 0 aliphatic carbocycles. The van der Waals surface area contributed by atoms with Crippen molar-refractivity contribution in [2.45, 2.75) is 31.6 Å². The molecule has 1 unspecified atom stereocenters. The number of carbonyl (C=O) groups is 1. The normalized spacial score (nSPS) is 18.1. The topological polar surface area (TPSA) is 82.8 Å². The van der Waals surface area contributed by atoms with Crippen LogP contribution in [0.15, 0.2) is 23.2 Å². The zero-order valence-corrected chi connectivity index (χ0v) is 17.7. The first-order chi connectivity index (χ1) is 13.5. The summed E-state index contributed by atoms with van der Waals surface area (Å²) in [4.78, 5) is 17.9. The lowest BCUT2D eigenvalue weighted by atomic mass is 9.97. The minimum atomic E-state index is -0.202. The van der Waals surface area contributed by atoms with E-state index in [-0.39, 0.29) is 17.6 Å².